The van der Waals surface area contributed by atoms with Gasteiger partial charge in [-0.2, -0.15) is 0 Å². The van der Waals surface area contributed by atoms with Gasteiger partial charge in [-0.3, -0.25) is 4.79 Å². The molecule has 4 rings (SSSR count). The van der Waals surface area contributed by atoms with E-state index < -0.39 is 0 Å². The summed E-state index contributed by atoms with van der Waals surface area (Å²) in [5, 5.41) is 0.611. The normalized spacial score (nSPS) is 29.0. The molecule has 0 bridgehead atoms. The van der Waals surface area contributed by atoms with Gasteiger partial charge in [0.1, 0.15) is 5.78 Å². The Morgan fingerprint density at radius 1 is 1.26 bits per heavy atom. The van der Waals surface area contributed by atoms with Gasteiger partial charge in [-0.15, -0.1) is 0 Å². The molecule has 0 N–H and O–H groups in total. The van der Waals surface area contributed by atoms with Gasteiger partial charge in [0.25, 0.3) is 0 Å². The number of rotatable bonds is 1. The minimum Gasteiger partial charge on any atom is -0.454 e. The molecule has 2 heterocycles. The molecule has 2 fully saturated rings. The number of carbonyl (C=O) groups is 1. The van der Waals surface area contributed by atoms with E-state index in [1.807, 2.05) is 19.9 Å². The van der Waals surface area contributed by atoms with Gasteiger partial charge in [-0.1, -0.05) is 25.4 Å². The number of nitrogens with zero attached hydrogens (tertiary/aromatic N) is 1. The van der Waals surface area contributed by atoms with Gasteiger partial charge in [0.2, 0.25) is 6.79 Å². The number of ether oxygens (including phenoxy) is 2. The van der Waals surface area contributed by atoms with Crippen LogP contribution in [-0.4, -0.2) is 37.1 Å². The highest BCUT2D eigenvalue weighted by Gasteiger charge is 2.50. The smallest absolute Gasteiger partial charge is 0.231 e. The average molecular weight is 338 g/mol. The summed E-state index contributed by atoms with van der Waals surface area (Å²) in [5.41, 5.74) is 1.21. The second-order valence-electron chi connectivity index (χ2n) is 6.34. The summed E-state index contributed by atoms with van der Waals surface area (Å²) in [6.07, 6.45) is 3.27. The van der Waals surface area contributed by atoms with Crippen LogP contribution in [0.1, 0.15) is 45.1 Å². The van der Waals surface area contributed by atoms with Crippen molar-refractivity contribution in [2.45, 2.75) is 51.0 Å². The van der Waals surface area contributed by atoms with Crippen LogP contribution in [0.3, 0.4) is 0 Å². The van der Waals surface area contributed by atoms with Crippen molar-refractivity contribution in [1.29, 1.82) is 0 Å². The van der Waals surface area contributed by atoms with Crippen molar-refractivity contribution in [2.75, 3.05) is 20.4 Å². The van der Waals surface area contributed by atoms with E-state index in [0.29, 0.717) is 29.4 Å². The molecule has 1 aromatic rings. The predicted octanol–water partition coefficient (Wildman–Crippen LogP) is 3.79. The zero-order chi connectivity index (χ0) is 16.6. The maximum absolute atomic E-state index is 11.9. The molecule has 23 heavy (non-hydrogen) atoms. The Labute approximate surface area is 142 Å². The Bertz CT molecular complexity index is 619. The molecule has 2 atom stereocenters. The molecule has 1 unspecified atom stereocenters. The standard InChI is InChI=1S/C16H18ClNO3.C2H6/c1-18-5-4-16(3-2-11(19)8-14(16)18)10-6-12(17)15-13(7-10)20-9-21-15;1-2/h6-7,14H,2-5,8-9H2,1H3;1-2H3/t14?,16-;/m0./s1. The maximum Gasteiger partial charge on any atom is 0.231 e. The van der Waals surface area contributed by atoms with E-state index in [4.69, 9.17) is 21.1 Å². The number of hydrogen-bond acceptors (Lipinski definition) is 4. The molecule has 0 amide bonds. The Morgan fingerprint density at radius 2 is 2.04 bits per heavy atom. The lowest BCUT2D eigenvalue weighted by molar-refractivity contribution is -0.122. The highest BCUT2D eigenvalue weighted by molar-refractivity contribution is 6.32. The van der Waals surface area contributed by atoms with Crippen LogP contribution in [0.25, 0.3) is 0 Å². The lowest BCUT2D eigenvalue weighted by Crippen LogP contribution is -2.46. The molecular weight excluding hydrogens is 314 g/mol. The second-order valence-corrected chi connectivity index (χ2v) is 6.74. The molecule has 1 saturated carbocycles. The molecule has 3 aliphatic rings. The number of ketones is 1. The summed E-state index contributed by atoms with van der Waals surface area (Å²) in [7, 11) is 2.11. The summed E-state index contributed by atoms with van der Waals surface area (Å²) >= 11 is 6.36. The third-order valence-electron chi connectivity index (χ3n) is 5.35. The Morgan fingerprint density at radius 3 is 2.83 bits per heavy atom. The van der Waals surface area contributed by atoms with Gasteiger partial charge in [0, 0.05) is 24.3 Å². The van der Waals surface area contributed by atoms with Crippen LogP contribution in [0.15, 0.2) is 12.1 Å². The molecule has 1 saturated heterocycles. The van der Waals surface area contributed by atoms with Crippen molar-refractivity contribution in [2.24, 2.45) is 0 Å². The van der Waals surface area contributed by atoms with Gasteiger partial charge < -0.3 is 14.4 Å². The molecule has 1 aliphatic carbocycles. The van der Waals surface area contributed by atoms with E-state index in [9.17, 15) is 4.79 Å². The third kappa shape index (κ3) is 2.62. The number of benzene rings is 1. The average Bonchev–Trinajstić information content (AvgIpc) is 3.16. The number of Topliss-reactive ketones (excluding diaryl/α,β-unsaturated/α-hetero) is 1. The first-order chi connectivity index (χ1) is 11.1. The minimum absolute atomic E-state index is 0.0211. The SMILES string of the molecule is CC.CN1CC[C@]2(c3cc(Cl)c4c(c3)OCO4)CCC(=O)CC12. The van der Waals surface area contributed by atoms with Crippen LogP contribution < -0.4 is 9.47 Å². The van der Waals surface area contributed by atoms with Gasteiger partial charge in [-0.05, 0) is 44.1 Å². The first-order valence-electron chi connectivity index (χ1n) is 8.42. The number of likely N-dealkylation sites (N-methyl/N-ethyl adjacent to an activating group) is 1. The van der Waals surface area contributed by atoms with Crippen molar-refractivity contribution >= 4 is 17.4 Å². The Balaban J connectivity index is 0.000000753. The van der Waals surface area contributed by atoms with Crippen LogP contribution in [0.4, 0.5) is 0 Å². The molecule has 0 spiro atoms. The second kappa shape index (κ2) is 6.33. The monoisotopic (exact) mass is 337 g/mol. The number of fused-ring (bicyclic) bond motifs is 2. The first kappa shape index (κ1) is 16.6. The van der Waals surface area contributed by atoms with Crippen LogP contribution in [0.2, 0.25) is 5.02 Å². The summed E-state index contributed by atoms with van der Waals surface area (Å²) in [5.74, 6) is 1.75. The van der Waals surface area contributed by atoms with E-state index in [-0.39, 0.29) is 18.2 Å². The first-order valence-corrected chi connectivity index (χ1v) is 8.79. The summed E-state index contributed by atoms with van der Waals surface area (Å²) in [4.78, 5) is 14.2. The van der Waals surface area contributed by atoms with Crippen molar-refractivity contribution in [3.05, 3.63) is 22.7 Å². The van der Waals surface area contributed by atoms with Crippen LogP contribution in [0, 0.1) is 0 Å². The van der Waals surface area contributed by atoms with E-state index >= 15 is 0 Å². The van der Waals surface area contributed by atoms with Gasteiger partial charge in [-0.25, -0.2) is 0 Å². The van der Waals surface area contributed by atoms with Crippen LogP contribution >= 0.6 is 11.6 Å². The maximum atomic E-state index is 11.9. The van der Waals surface area contributed by atoms with Crippen LogP contribution in [0.5, 0.6) is 11.5 Å². The van der Waals surface area contributed by atoms with Gasteiger partial charge in [0.05, 0.1) is 5.02 Å². The van der Waals surface area contributed by atoms with E-state index in [1.165, 1.54) is 5.56 Å². The number of likely N-dealkylation sites (tertiary alicyclic amines) is 1. The Hall–Kier alpha value is -1.26. The van der Waals surface area contributed by atoms with Crippen LogP contribution in [-0.2, 0) is 10.2 Å². The largest absolute Gasteiger partial charge is 0.454 e. The molecule has 0 aromatic heterocycles. The molecular formula is C18H24ClNO3. The highest BCUT2D eigenvalue weighted by atomic mass is 35.5. The van der Waals surface area contributed by atoms with Crippen molar-refractivity contribution in [1.82, 2.24) is 4.90 Å². The number of hydrogen-bond donors (Lipinski definition) is 0. The van der Waals surface area contributed by atoms with E-state index in [1.54, 1.807) is 0 Å². The fourth-order valence-corrected chi connectivity index (χ4v) is 4.44. The minimum atomic E-state index is 0.0211. The quantitative estimate of drug-likeness (QED) is 0.781. The molecule has 1 aromatic carbocycles. The highest BCUT2D eigenvalue weighted by Crippen LogP contribution is 2.51. The molecule has 5 heteroatoms. The number of carbonyl (C=O) groups excluding carboxylic acids is 1. The fraction of sp³-hybridized carbons (Fsp3) is 0.611. The third-order valence-corrected chi connectivity index (χ3v) is 5.63. The van der Waals surface area contributed by atoms with E-state index in [2.05, 4.69) is 18.0 Å². The molecule has 2 aliphatic heterocycles. The topological polar surface area (TPSA) is 38.8 Å². The summed E-state index contributed by atoms with van der Waals surface area (Å²) < 4.78 is 10.9. The fourth-order valence-electron chi connectivity index (χ4n) is 4.18. The lowest BCUT2D eigenvalue weighted by atomic mass is 9.66. The molecule has 4 nitrogen and oxygen atoms in total. The Kier molecular flexibility index (Phi) is 4.56. The lowest BCUT2D eigenvalue weighted by Gasteiger charge is -2.41. The molecule has 0 radical (unpaired) electrons. The van der Waals surface area contributed by atoms with Gasteiger partial charge in [0.15, 0.2) is 11.5 Å². The molecule has 126 valence electrons. The number of halogens is 1. The summed E-state index contributed by atoms with van der Waals surface area (Å²) in [6.45, 7) is 5.25. The van der Waals surface area contributed by atoms with E-state index in [0.717, 1.165) is 25.1 Å². The predicted molar refractivity (Wildman–Crippen MR) is 90.5 cm³/mol. The van der Waals surface area contributed by atoms with Crippen molar-refractivity contribution < 1.29 is 14.3 Å². The zero-order valence-corrected chi connectivity index (χ0v) is 14.8. The summed E-state index contributed by atoms with van der Waals surface area (Å²) in [6, 6.07) is 4.35. The van der Waals surface area contributed by atoms with Crippen molar-refractivity contribution in [3.63, 3.8) is 0 Å². The van der Waals surface area contributed by atoms with Gasteiger partial charge >= 0.3 is 0 Å². The van der Waals surface area contributed by atoms with Crippen molar-refractivity contribution in [3.8, 4) is 11.5 Å². The zero-order valence-electron chi connectivity index (χ0n) is 14.0.